The van der Waals surface area contributed by atoms with Crippen molar-refractivity contribution in [2.75, 3.05) is 6.61 Å². The van der Waals surface area contributed by atoms with Crippen molar-refractivity contribution in [1.82, 2.24) is 0 Å². The summed E-state index contributed by atoms with van der Waals surface area (Å²) in [5.74, 6) is -0.490. The Morgan fingerprint density at radius 1 is 1.36 bits per heavy atom. The minimum absolute atomic E-state index is 0.0121. The SMILES string of the molecule is O=C1OCC(O)=C1c1ccccc1Br. The Bertz CT molecular complexity index is 423. The highest BCUT2D eigenvalue weighted by Crippen LogP contribution is 2.30. The molecule has 1 aromatic rings. The van der Waals surface area contributed by atoms with Gasteiger partial charge in [-0.1, -0.05) is 34.1 Å². The maximum Gasteiger partial charge on any atom is 0.342 e. The number of benzene rings is 1. The lowest BCUT2D eigenvalue weighted by atomic mass is 10.1. The Balaban J connectivity index is 2.55. The normalized spacial score (nSPS) is 15.9. The minimum Gasteiger partial charge on any atom is -0.508 e. The molecule has 0 amide bonds. The van der Waals surface area contributed by atoms with Crippen LogP contribution in [0.5, 0.6) is 0 Å². The third kappa shape index (κ3) is 1.42. The van der Waals surface area contributed by atoms with Gasteiger partial charge >= 0.3 is 5.97 Å². The van der Waals surface area contributed by atoms with Crippen molar-refractivity contribution >= 4 is 27.5 Å². The van der Waals surface area contributed by atoms with Crippen LogP contribution in [0, 0.1) is 0 Å². The first-order chi connectivity index (χ1) is 6.70. The predicted octanol–water partition coefficient (Wildman–Crippen LogP) is 2.28. The van der Waals surface area contributed by atoms with E-state index in [1.807, 2.05) is 6.07 Å². The van der Waals surface area contributed by atoms with Gasteiger partial charge in [-0.05, 0) is 6.07 Å². The van der Waals surface area contributed by atoms with Gasteiger partial charge < -0.3 is 9.84 Å². The lowest BCUT2D eigenvalue weighted by Gasteiger charge is -2.02. The number of ether oxygens (including phenoxy) is 1. The first kappa shape index (κ1) is 9.27. The van der Waals surface area contributed by atoms with E-state index >= 15 is 0 Å². The maximum atomic E-state index is 11.3. The monoisotopic (exact) mass is 254 g/mol. The van der Waals surface area contributed by atoms with E-state index in [2.05, 4.69) is 15.9 Å². The van der Waals surface area contributed by atoms with E-state index in [1.165, 1.54) is 0 Å². The molecule has 0 unspecified atom stereocenters. The maximum absolute atomic E-state index is 11.3. The third-order valence-corrected chi connectivity index (χ3v) is 2.67. The van der Waals surface area contributed by atoms with E-state index in [9.17, 15) is 9.90 Å². The highest BCUT2D eigenvalue weighted by molar-refractivity contribution is 9.10. The fourth-order valence-electron chi connectivity index (χ4n) is 1.33. The molecule has 0 saturated heterocycles. The van der Waals surface area contributed by atoms with Crippen LogP contribution in [0.1, 0.15) is 5.56 Å². The number of rotatable bonds is 1. The highest BCUT2D eigenvalue weighted by Gasteiger charge is 2.27. The quantitative estimate of drug-likeness (QED) is 0.783. The van der Waals surface area contributed by atoms with Crippen molar-refractivity contribution in [1.29, 1.82) is 0 Å². The summed E-state index contributed by atoms with van der Waals surface area (Å²) >= 11 is 3.31. The number of hydrogen-bond donors (Lipinski definition) is 1. The molecule has 1 aliphatic rings. The number of aliphatic hydroxyl groups excluding tert-OH is 1. The van der Waals surface area contributed by atoms with E-state index in [0.29, 0.717) is 5.56 Å². The zero-order chi connectivity index (χ0) is 10.1. The molecule has 0 aliphatic carbocycles. The molecular formula is C10H7BrO3. The molecule has 1 heterocycles. The molecule has 0 fully saturated rings. The largest absolute Gasteiger partial charge is 0.508 e. The van der Waals surface area contributed by atoms with Gasteiger partial charge in [-0.3, -0.25) is 0 Å². The van der Waals surface area contributed by atoms with Crippen LogP contribution in [0.3, 0.4) is 0 Å². The Morgan fingerprint density at radius 3 is 2.64 bits per heavy atom. The smallest absolute Gasteiger partial charge is 0.342 e. The molecule has 1 aliphatic heterocycles. The molecule has 0 aromatic heterocycles. The Labute approximate surface area is 89.1 Å². The van der Waals surface area contributed by atoms with E-state index in [-0.39, 0.29) is 17.9 Å². The number of cyclic esters (lactones) is 1. The van der Waals surface area contributed by atoms with Crippen LogP contribution < -0.4 is 0 Å². The van der Waals surface area contributed by atoms with E-state index in [0.717, 1.165) is 4.47 Å². The topological polar surface area (TPSA) is 46.5 Å². The molecule has 14 heavy (non-hydrogen) atoms. The average Bonchev–Trinajstić information content (AvgIpc) is 2.48. The second-order valence-electron chi connectivity index (χ2n) is 2.88. The molecule has 4 heteroatoms. The van der Waals surface area contributed by atoms with Gasteiger partial charge in [-0.15, -0.1) is 0 Å². The Morgan fingerprint density at radius 2 is 2.07 bits per heavy atom. The Hall–Kier alpha value is -1.29. The van der Waals surface area contributed by atoms with Crippen molar-refractivity contribution < 1.29 is 14.6 Å². The van der Waals surface area contributed by atoms with Gasteiger partial charge in [0.25, 0.3) is 0 Å². The van der Waals surface area contributed by atoms with E-state index in [1.54, 1.807) is 18.2 Å². The number of aliphatic hydroxyl groups is 1. The fraction of sp³-hybridized carbons (Fsp3) is 0.100. The summed E-state index contributed by atoms with van der Waals surface area (Å²) in [7, 11) is 0. The molecule has 0 saturated carbocycles. The standard InChI is InChI=1S/C10H7BrO3/c11-7-4-2-1-3-6(7)9-8(12)5-14-10(9)13/h1-4,12H,5H2. The summed E-state index contributed by atoms with van der Waals surface area (Å²) in [6.07, 6.45) is 0. The number of hydrogen-bond acceptors (Lipinski definition) is 3. The van der Waals surface area contributed by atoms with E-state index < -0.39 is 5.97 Å². The Kier molecular flexibility index (Phi) is 2.29. The zero-order valence-electron chi connectivity index (χ0n) is 7.16. The second-order valence-corrected chi connectivity index (χ2v) is 3.73. The number of carbonyl (C=O) groups excluding carboxylic acids is 1. The summed E-state index contributed by atoms with van der Waals surface area (Å²) in [5, 5.41) is 9.45. The summed E-state index contributed by atoms with van der Waals surface area (Å²) in [6, 6.07) is 7.20. The number of halogens is 1. The highest BCUT2D eigenvalue weighted by atomic mass is 79.9. The molecule has 2 rings (SSSR count). The average molecular weight is 255 g/mol. The number of esters is 1. The van der Waals surface area contributed by atoms with Gasteiger partial charge in [-0.2, -0.15) is 0 Å². The van der Waals surface area contributed by atoms with Gasteiger partial charge in [0.1, 0.15) is 17.9 Å². The number of carbonyl (C=O) groups is 1. The first-order valence-corrected chi connectivity index (χ1v) is 4.83. The lowest BCUT2D eigenvalue weighted by molar-refractivity contribution is -0.134. The van der Waals surface area contributed by atoms with Gasteiger partial charge in [0.15, 0.2) is 0 Å². The molecule has 1 aromatic carbocycles. The predicted molar refractivity (Wildman–Crippen MR) is 54.6 cm³/mol. The summed E-state index contributed by atoms with van der Waals surface area (Å²) in [6.45, 7) is -0.0322. The molecular weight excluding hydrogens is 248 g/mol. The van der Waals surface area contributed by atoms with Gasteiger partial charge in [0.05, 0.1) is 0 Å². The summed E-state index contributed by atoms with van der Waals surface area (Å²) < 4.78 is 5.47. The van der Waals surface area contributed by atoms with Crippen LogP contribution in [0.15, 0.2) is 34.5 Å². The van der Waals surface area contributed by atoms with Crippen molar-refractivity contribution in [2.24, 2.45) is 0 Å². The molecule has 0 spiro atoms. The molecule has 3 nitrogen and oxygen atoms in total. The van der Waals surface area contributed by atoms with Crippen LogP contribution in [0.2, 0.25) is 0 Å². The molecule has 0 bridgehead atoms. The molecule has 0 radical (unpaired) electrons. The van der Waals surface area contributed by atoms with Crippen molar-refractivity contribution in [2.45, 2.75) is 0 Å². The van der Waals surface area contributed by atoms with Crippen LogP contribution in [-0.2, 0) is 9.53 Å². The minimum atomic E-state index is -0.477. The lowest BCUT2D eigenvalue weighted by Crippen LogP contribution is -1.99. The zero-order valence-corrected chi connectivity index (χ0v) is 8.74. The third-order valence-electron chi connectivity index (χ3n) is 1.98. The molecule has 0 atom stereocenters. The van der Waals surface area contributed by atoms with Crippen LogP contribution >= 0.6 is 15.9 Å². The second kappa shape index (κ2) is 3.46. The summed E-state index contributed by atoms with van der Waals surface area (Å²) in [4.78, 5) is 11.3. The van der Waals surface area contributed by atoms with Crippen LogP contribution in [0.25, 0.3) is 5.57 Å². The van der Waals surface area contributed by atoms with E-state index in [4.69, 9.17) is 4.74 Å². The molecule has 72 valence electrons. The summed E-state index contributed by atoms with van der Waals surface area (Å²) in [5.41, 5.74) is 0.907. The van der Waals surface area contributed by atoms with Crippen LogP contribution in [-0.4, -0.2) is 17.7 Å². The van der Waals surface area contributed by atoms with Gasteiger partial charge in [0.2, 0.25) is 0 Å². The van der Waals surface area contributed by atoms with Crippen LogP contribution in [0.4, 0.5) is 0 Å². The molecule has 1 N–H and O–H groups in total. The van der Waals surface area contributed by atoms with Crippen molar-refractivity contribution in [3.05, 3.63) is 40.1 Å². The van der Waals surface area contributed by atoms with Gasteiger partial charge in [0, 0.05) is 10.0 Å². The van der Waals surface area contributed by atoms with Crippen molar-refractivity contribution in [3.8, 4) is 0 Å². The fourth-order valence-corrected chi connectivity index (χ4v) is 1.81. The van der Waals surface area contributed by atoms with Gasteiger partial charge in [-0.25, -0.2) is 4.79 Å². The first-order valence-electron chi connectivity index (χ1n) is 4.04. The van der Waals surface area contributed by atoms with Crippen molar-refractivity contribution in [3.63, 3.8) is 0 Å².